The highest BCUT2D eigenvalue weighted by Crippen LogP contribution is 2.35. The molecule has 1 aliphatic rings. The molecule has 158 valence electrons. The molecule has 1 saturated heterocycles. The van der Waals surface area contributed by atoms with E-state index in [-0.39, 0.29) is 17.4 Å². The third kappa shape index (κ3) is 4.49. The Bertz CT molecular complexity index is 1110. The molecule has 1 aliphatic heterocycles. The number of benzene rings is 3. The lowest BCUT2D eigenvalue weighted by molar-refractivity contribution is -0.117. The minimum atomic E-state index is -1.05. The SMILES string of the molecule is COc1cc(C2CC(=O)N(c3ccc(Oc4ccc(Cl)cc4)cc3)C2)ccc1C(=O)O. The van der Waals surface area contributed by atoms with Crippen LogP contribution in [0.1, 0.15) is 28.3 Å². The minimum absolute atomic E-state index is 0.0117. The number of hydrogen-bond donors (Lipinski definition) is 1. The van der Waals surface area contributed by atoms with Gasteiger partial charge >= 0.3 is 5.97 Å². The molecular weight excluding hydrogens is 418 g/mol. The summed E-state index contributed by atoms with van der Waals surface area (Å²) in [6.07, 6.45) is 0.346. The molecule has 0 radical (unpaired) electrons. The number of carbonyl (C=O) groups excluding carboxylic acids is 1. The van der Waals surface area contributed by atoms with E-state index >= 15 is 0 Å². The van der Waals surface area contributed by atoms with Crippen LogP contribution >= 0.6 is 11.6 Å². The highest BCUT2D eigenvalue weighted by Gasteiger charge is 2.32. The van der Waals surface area contributed by atoms with E-state index in [0.29, 0.717) is 35.2 Å². The predicted octanol–water partition coefficient (Wildman–Crippen LogP) is 5.36. The van der Waals surface area contributed by atoms with E-state index in [4.69, 9.17) is 21.1 Å². The number of nitrogens with zero attached hydrogens (tertiary/aromatic N) is 1. The molecule has 1 amide bonds. The zero-order valence-corrected chi connectivity index (χ0v) is 17.5. The van der Waals surface area contributed by atoms with Crippen molar-refractivity contribution in [3.63, 3.8) is 0 Å². The summed E-state index contributed by atoms with van der Waals surface area (Å²) in [5.74, 6) is 0.538. The maximum Gasteiger partial charge on any atom is 0.339 e. The third-order valence-corrected chi connectivity index (χ3v) is 5.50. The van der Waals surface area contributed by atoms with E-state index in [2.05, 4.69) is 0 Å². The van der Waals surface area contributed by atoms with Crippen molar-refractivity contribution >= 4 is 29.2 Å². The number of ether oxygens (including phenoxy) is 2. The standard InChI is InChI=1S/C24H20ClNO5/c1-30-22-12-15(2-11-21(22)24(28)29)16-13-23(27)26(14-16)18-5-9-20(10-6-18)31-19-7-3-17(25)4-8-19/h2-12,16H,13-14H2,1H3,(H,28,29). The minimum Gasteiger partial charge on any atom is -0.496 e. The van der Waals surface area contributed by atoms with Gasteiger partial charge in [-0.15, -0.1) is 0 Å². The van der Waals surface area contributed by atoms with Gasteiger partial charge in [-0.05, 0) is 66.2 Å². The molecule has 7 heteroatoms. The Balaban J connectivity index is 1.48. The summed E-state index contributed by atoms with van der Waals surface area (Å²) in [4.78, 5) is 25.7. The van der Waals surface area contributed by atoms with Crippen LogP contribution in [-0.2, 0) is 4.79 Å². The molecule has 0 spiro atoms. The van der Waals surface area contributed by atoms with Crippen molar-refractivity contribution < 1.29 is 24.2 Å². The van der Waals surface area contributed by atoms with Gasteiger partial charge in [-0.25, -0.2) is 4.79 Å². The Morgan fingerprint density at radius 2 is 1.68 bits per heavy atom. The fraction of sp³-hybridized carbons (Fsp3) is 0.167. The molecule has 4 rings (SSSR count). The highest BCUT2D eigenvalue weighted by molar-refractivity contribution is 6.30. The average molecular weight is 438 g/mol. The molecule has 0 aliphatic carbocycles. The Morgan fingerprint density at radius 3 is 2.29 bits per heavy atom. The average Bonchev–Trinajstić information content (AvgIpc) is 3.17. The van der Waals surface area contributed by atoms with Gasteiger partial charge in [-0.3, -0.25) is 4.79 Å². The van der Waals surface area contributed by atoms with E-state index in [1.54, 1.807) is 41.3 Å². The number of anilines is 1. The van der Waals surface area contributed by atoms with Gasteiger partial charge in [0.2, 0.25) is 5.91 Å². The van der Waals surface area contributed by atoms with Crippen LogP contribution in [-0.4, -0.2) is 30.6 Å². The topological polar surface area (TPSA) is 76.1 Å². The number of carbonyl (C=O) groups is 2. The first-order valence-corrected chi connectivity index (χ1v) is 10.1. The van der Waals surface area contributed by atoms with Gasteiger partial charge in [0.1, 0.15) is 22.8 Å². The Hall–Kier alpha value is -3.51. The molecule has 3 aromatic carbocycles. The first kappa shape index (κ1) is 20.8. The molecule has 6 nitrogen and oxygen atoms in total. The van der Waals surface area contributed by atoms with Crippen molar-refractivity contribution in [2.24, 2.45) is 0 Å². The molecule has 1 unspecified atom stereocenters. The smallest absolute Gasteiger partial charge is 0.339 e. The van der Waals surface area contributed by atoms with Gasteiger partial charge < -0.3 is 19.5 Å². The Kier molecular flexibility index (Phi) is 5.82. The molecule has 1 atom stereocenters. The molecule has 3 aromatic rings. The first-order valence-electron chi connectivity index (χ1n) is 9.69. The monoisotopic (exact) mass is 437 g/mol. The number of carboxylic acids is 1. The Labute approximate surface area is 184 Å². The number of aromatic carboxylic acids is 1. The normalized spacial score (nSPS) is 15.7. The molecule has 1 heterocycles. The summed E-state index contributed by atoms with van der Waals surface area (Å²) in [6, 6.07) is 19.4. The highest BCUT2D eigenvalue weighted by atomic mass is 35.5. The summed E-state index contributed by atoms with van der Waals surface area (Å²) in [7, 11) is 1.44. The number of hydrogen-bond acceptors (Lipinski definition) is 4. The number of amides is 1. The quantitative estimate of drug-likeness (QED) is 0.561. The van der Waals surface area contributed by atoms with Gasteiger partial charge in [0.25, 0.3) is 0 Å². The lowest BCUT2D eigenvalue weighted by Crippen LogP contribution is -2.24. The van der Waals surface area contributed by atoms with E-state index in [1.807, 2.05) is 24.3 Å². The number of carboxylic acid groups (broad SMARTS) is 1. The fourth-order valence-electron chi connectivity index (χ4n) is 3.65. The van der Waals surface area contributed by atoms with Crippen LogP contribution in [0.3, 0.4) is 0 Å². The van der Waals surface area contributed by atoms with Crippen molar-refractivity contribution in [2.45, 2.75) is 12.3 Å². The molecule has 1 N–H and O–H groups in total. The zero-order valence-electron chi connectivity index (χ0n) is 16.7. The molecule has 1 fully saturated rings. The summed E-state index contributed by atoms with van der Waals surface area (Å²) in [5, 5.41) is 9.89. The lowest BCUT2D eigenvalue weighted by atomic mass is 9.96. The van der Waals surface area contributed by atoms with Gasteiger partial charge in [-0.1, -0.05) is 17.7 Å². The number of methoxy groups -OCH3 is 1. The second-order valence-corrected chi connectivity index (χ2v) is 7.66. The van der Waals surface area contributed by atoms with Crippen molar-refractivity contribution in [2.75, 3.05) is 18.6 Å². The summed E-state index contributed by atoms with van der Waals surface area (Å²) in [6.45, 7) is 0.506. The molecule has 0 bridgehead atoms. The lowest BCUT2D eigenvalue weighted by Gasteiger charge is -2.18. The summed E-state index contributed by atoms with van der Waals surface area (Å²) < 4.78 is 11.0. The van der Waals surface area contributed by atoms with Crippen molar-refractivity contribution in [1.29, 1.82) is 0 Å². The van der Waals surface area contributed by atoms with Gasteiger partial charge in [0.05, 0.1) is 7.11 Å². The fourth-order valence-corrected chi connectivity index (χ4v) is 3.78. The molecule has 31 heavy (non-hydrogen) atoms. The Morgan fingerprint density at radius 1 is 1.03 bits per heavy atom. The van der Waals surface area contributed by atoms with E-state index in [1.165, 1.54) is 13.2 Å². The molecule has 0 aromatic heterocycles. The predicted molar refractivity (Wildman–Crippen MR) is 118 cm³/mol. The first-order chi connectivity index (χ1) is 14.9. The largest absolute Gasteiger partial charge is 0.496 e. The zero-order chi connectivity index (χ0) is 22.0. The summed E-state index contributed by atoms with van der Waals surface area (Å²) in [5.41, 5.74) is 1.76. The van der Waals surface area contributed by atoms with E-state index in [0.717, 1.165) is 11.3 Å². The van der Waals surface area contributed by atoms with Gasteiger partial charge in [-0.2, -0.15) is 0 Å². The van der Waals surface area contributed by atoms with Gasteiger partial charge in [0, 0.05) is 29.6 Å². The third-order valence-electron chi connectivity index (χ3n) is 5.25. The van der Waals surface area contributed by atoms with Crippen LogP contribution in [0, 0.1) is 0 Å². The van der Waals surface area contributed by atoms with Crippen molar-refractivity contribution in [1.82, 2.24) is 0 Å². The van der Waals surface area contributed by atoms with Crippen LogP contribution in [0.25, 0.3) is 0 Å². The van der Waals surface area contributed by atoms with Crippen LogP contribution in [0.15, 0.2) is 66.7 Å². The molecule has 0 saturated carbocycles. The summed E-state index contributed by atoms with van der Waals surface area (Å²) >= 11 is 5.89. The van der Waals surface area contributed by atoms with E-state index in [9.17, 15) is 14.7 Å². The molecular formula is C24H20ClNO5. The second kappa shape index (κ2) is 8.70. The second-order valence-electron chi connectivity index (χ2n) is 7.22. The van der Waals surface area contributed by atoms with Crippen molar-refractivity contribution in [3.8, 4) is 17.2 Å². The number of rotatable bonds is 6. The number of halogens is 1. The maximum atomic E-state index is 12.7. The van der Waals surface area contributed by atoms with Crippen LogP contribution in [0.2, 0.25) is 5.02 Å². The van der Waals surface area contributed by atoms with Crippen molar-refractivity contribution in [3.05, 3.63) is 82.9 Å². The van der Waals surface area contributed by atoms with Crippen LogP contribution in [0.5, 0.6) is 17.2 Å². The van der Waals surface area contributed by atoms with Crippen LogP contribution < -0.4 is 14.4 Å². The van der Waals surface area contributed by atoms with E-state index < -0.39 is 5.97 Å². The van der Waals surface area contributed by atoms with Crippen LogP contribution in [0.4, 0.5) is 5.69 Å². The maximum absolute atomic E-state index is 12.7. The van der Waals surface area contributed by atoms with Gasteiger partial charge in [0.15, 0.2) is 0 Å².